The molecular weight excluding hydrogens is 454 g/mol. The van der Waals surface area contributed by atoms with E-state index in [-0.39, 0.29) is 6.54 Å². The lowest BCUT2D eigenvalue weighted by Crippen LogP contribution is -2.54. The van der Waals surface area contributed by atoms with E-state index in [0.29, 0.717) is 13.0 Å². The summed E-state index contributed by atoms with van der Waals surface area (Å²) < 4.78 is 10.8. The van der Waals surface area contributed by atoms with Crippen LogP contribution in [0.15, 0.2) is 47.8 Å². The Bertz CT molecular complexity index is 892. The van der Waals surface area contributed by atoms with Crippen molar-refractivity contribution in [2.24, 2.45) is 0 Å². The first-order valence-corrected chi connectivity index (χ1v) is 12.2. The third-order valence-corrected chi connectivity index (χ3v) is 5.31. The molecule has 1 aromatic carbocycles. The van der Waals surface area contributed by atoms with E-state index in [1.54, 1.807) is 57.9 Å². The molecule has 2 rings (SSSR count). The van der Waals surface area contributed by atoms with Gasteiger partial charge in [-0.1, -0.05) is 36.4 Å². The summed E-state index contributed by atoms with van der Waals surface area (Å²) in [7, 11) is 0. The van der Waals surface area contributed by atoms with Crippen LogP contribution in [0.3, 0.4) is 0 Å². The molecule has 2 atom stereocenters. The van der Waals surface area contributed by atoms with Crippen LogP contribution < -0.4 is 10.7 Å². The molecule has 0 saturated carbocycles. The van der Waals surface area contributed by atoms with E-state index in [4.69, 9.17) is 9.47 Å². The minimum Gasteiger partial charge on any atom is -0.444 e. The maximum atomic E-state index is 12.5. The number of aliphatic hydroxyl groups excluding tert-OH is 1. The lowest BCUT2D eigenvalue weighted by atomic mass is 10.0. The van der Waals surface area contributed by atoms with Crippen molar-refractivity contribution in [3.05, 3.63) is 58.3 Å². The Hall–Kier alpha value is -2.62. The van der Waals surface area contributed by atoms with Gasteiger partial charge in [0.05, 0.1) is 18.7 Å². The molecule has 0 unspecified atom stereocenters. The second kappa shape index (κ2) is 12.2. The summed E-state index contributed by atoms with van der Waals surface area (Å²) in [6, 6.07) is 12.8. The molecule has 8 nitrogen and oxygen atoms in total. The van der Waals surface area contributed by atoms with Gasteiger partial charge in [0, 0.05) is 11.4 Å². The summed E-state index contributed by atoms with van der Waals surface area (Å²) in [5.74, 6) is 0. The Labute approximate surface area is 206 Å². The summed E-state index contributed by atoms with van der Waals surface area (Å²) >= 11 is 1.54. The Balaban J connectivity index is 2.17. The zero-order valence-corrected chi connectivity index (χ0v) is 21.6. The van der Waals surface area contributed by atoms with Gasteiger partial charge in [0.2, 0.25) is 0 Å². The monoisotopic (exact) mass is 491 g/mol. The van der Waals surface area contributed by atoms with E-state index in [9.17, 15) is 14.7 Å². The number of ether oxygens (including phenoxy) is 2. The average molecular weight is 492 g/mol. The molecule has 0 fully saturated rings. The fraction of sp³-hybridized carbons (Fsp3) is 0.520. The van der Waals surface area contributed by atoms with Crippen LogP contribution in [0.1, 0.15) is 52.0 Å². The summed E-state index contributed by atoms with van der Waals surface area (Å²) in [6.45, 7) is 11.1. The quantitative estimate of drug-likeness (QED) is 0.447. The van der Waals surface area contributed by atoms with Gasteiger partial charge in [-0.2, -0.15) is 0 Å². The van der Waals surface area contributed by atoms with Crippen LogP contribution >= 0.6 is 11.3 Å². The topological polar surface area (TPSA) is 100 Å². The van der Waals surface area contributed by atoms with Crippen molar-refractivity contribution < 1.29 is 24.2 Å². The number of carbonyl (C=O) groups is 2. The summed E-state index contributed by atoms with van der Waals surface area (Å²) in [6.07, 6.45) is -1.85. The van der Waals surface area contributed by atoms with Gasteiger partial charge in [-0.05, 0) is 65.0 Å². The van der Waals surface area contributed by atoms with Crippen LogP contribution in [0.5, 0.6) is 0 Å². The zero-order valence-electron chi connectivity index (χ0n) is 20.8. The largest absolute Gasteiger partial charge is 0.444 e. The van der Waals surface area contributed by atoms with Gasteiger partial charge < -0.3 is 19.9 Å². The van der Waals surface area contributed by atoms with E-state index in [1.165, 1.54) is 0 Å². The standard InChI is InChI=1S/C25H37N3O5S/c1-24(2,3)32-22(30)26-20(15-18-11-8-7-9-12-18)21(29)17-28(16-19-13-10-14-34-19)27-23(31)33-25(4,5)6/h7-14,20-21,29H,15-17H2,1-6H3,(H,26,30)(H,27,31)/t20-,21-/m0/s1. The van der Waals surface area contributed by atoms with E-state index in [0.717, 1.165) is 10.4 Å². The second-order valence-electron chi connectivity index (χ2n) is 10.1. The van der Waals surface area contributed by atoms with Gasteiger partial charge in [0.15, 0.2) is 0 Å². The highest BCUT2D eigenvalue weighted by Crippen LogP contribution is 2.15. The minimum atomic E-state index is -1.01. The van der Waals surface area contributed by atoms with Crippen LogP contribution in [-0.2, 0) is 22.4 Å². The normalized spacial score (nSPS) is 13.8. The SMILES string of the molecule is CC(C)(C)OC(=O)N[C@@H](Cc1ccccc1)[C@@H](O)CN(Cc1cccs1)NC(=O)OC(C)(C)C. The third-order valence-electron chi connectivity index (χ3n) is 4.45. The molecule has 1 heterocycles. The number of nitrogens with one attached hydrogen (secondary N) is 2. The molecule has 0 spiro atoms. The van der Waals surface area contributed by atoms with Crippen molar-refractivity contribution in [2.45, 2.75) is 77.9 Å². The molecule has 0 saturated heterocycles. The molecule has 188 valence electrons. The Morgan fingerprint density at radius 2 is 1.59 bits per heavy atom. The lowest BCUT2D eigenvalue weighted by molar-refractivity contribution is 0.0108. The Morgan fingerprint density at radius 3 is 2.15 bits per heavy atom. The number of nitrogens with zero attached hydrogens (tertiary/aromatic N) is 1. The van der Waals surface area contributed by atoms with Gasteiger partial charge in [-0.25, -0.2) is 14.6 Å². The second-order valence-corrected chi connectivity index (χ2v) is 11.1. The van der Waals surface area contributed by atoms with Gasteiger partial charge >= 0.3 is 12.2 Å². The molecule has 0 bridgehead atoms. The van der Waals surface area contributed by atoms with E-state index in [2.05, 4.69) is 10.7 Å². The first-order valence-electron chi connectivity index (χ1n) is 11.3. The number of amides is 2. The smallest absolute Gasteiger partial charge is 0.422 e. The maximum absolute atomic E-state index is 12.5. The first-order chi connectivity index (χ1) is 15.8. The van der Waals surface area contributed by atoms with Crippen LogP contribution in [0.2, 0.25) is 0 Å². The Kier molecular flexibility index (Phi) is 9.90. The number of rotatable bonds is 9. The number of benzene rings is 1. The van der Waals surface area contributed by atoms with E-state index in [1.807, 2.05) is 47.8 Å². The number of aliphatic hydroxyl groups is 1. The van der Waals surface area contributed by atoms with Gasteiger partial charge in [0.25, 0.3) is 0 Å². The predicted molar refractivity (Wildman–Crippen MR) is 133 cm³/mol. The molecule has 1 aromatic heterocycles. The molecule has 34 heavy (non-hydrogen) atoms. The highest BCUT2D eigenvalue weighted by molar-refractivity contribution is 7.09. The highest BCUT2D eigenvalue weighted by atomic mass is 32.1. The molecule has 3 N–H and O–H groups in total. The zero-order chi connectivity index (χ0) is 25.4. The number of carbonyl (C=O) groups excluding carboxylic acids is 2. The van der Waals surface area contributed by atoms with Gasteiger partial charge in [-0.3, -0.25) is 5.43 Å². The molecule has 0 radical (unpaired) electrons. The van der Waals surface area contributed by atoms with Crippen molar-refractivity contribution in [2.75, 3.05) is 6.54 Å². The third kappa shape index (κ3) is 11.0. The van der Waals surface area contributed by atoms with Gasteiger partial charge in [0.1, 0.15) is 11.2 Å². The summed E-state index contributed by atoms with van der Waals surface area (Å²) in [5.41, 5.74) is 2.35. The van der Waals surface area contributed by atoms with Crippen LogP contribution in [0, 0.1) is 0 Å². The van der Waals surface area contributed by atoms with E-state index < -0.39 is 35.5 Å². The van der Waals surface area contributed by atoms with Crippen molar-refractivity contribution >= 4 is 23.5 Å². The number of hydrogen-bond acceptors (Lipinski definition) is 7. The Morgan fingerprint density at radius 1 is 0.971 bits per heavy atom. The van der Waals surface area contributed by atoms with E-state index >= 15 is 0 Å². The van der Waals surface area contributed by atoms with Crippen LogP contribution in [-0.4, -0.2) is 52.2 Å². The average Bonchev–Trinajstić information content (AvgIpc) is 3.18. The summed E-state index contributed by atoms with van der Waals surface area (Å²) in [5, 5.41) is 17.5. The predicted octanol–water partition coefficient (Wildman–Crippen LogP) is 4.49. The molecule has 0 aliphatic rings. The lowest BCUT2D eigenvalue weighted by Gasteiger charge is -2.31. The van der Waals surface area contributed by atoms with Crippen LogP contribution in [0.4, 0.5) is 9.59 Å². The summed E-state index contributed by atoms with van der Waals surface area (Å²) in [4.78, 5) is 25.9. The number of thiophene rings is 1. The maximum Gasteiger partial charge on any atom is 0.422 e. The molecule has 0 aliphatic carbocycles. The van der Waals surface area contributed by atoms with Gasteiger partial charge in [-0.15, -0.1) is 11.3 Å². The van der Waals surface area contributed by atoms with Crippen LogP contribution in [0.25, 0.3) is 0 Å². The van der Waals surface area contributed by atoms with Crippen molar-refractivity contribution in [1.82, 2.24) is 15.8 Å². The minimum absolute atomic E-state index is 0.0600. The van der Waals surface area contributed by atoms with Crippen molar-refractivity contribution in [1.29, 1.82) is 0 Å². The number of hydrazine groups is 1. The molecular formula is C25H37N3O5S. The van der Waals surface area contributed by atoms with Crippen molar-refractivity contribution in [3.8, 4) is 0 Å². The fourth-order valence-corrected chi connectivity index (χ4v) is 3.85. The molecule has 2 aromatic rings. The number of hydrogen-bond donors (Lipinski definition) is 3. The number of alkyl carbamates (subject to hydrolysis) is 1. The van der Waals surface area contributed by atoms with Crippen molar-refractivity contribution in [3.63, 3.8) is 0 Å². The first kappa shape index (κ1) is 27.6. The molecule has 2 amide bonds. The molecule has 9 heteroatoms. The molecule has 0 aliphatic heterocycles. The fourth-order valence-electron chi connectivity index (χ4n) is 3.13. The highest BCUT2D eigenvalue weighted by Gasteiger charge is 2.28.